The van der Waals surface area contributed by atoms with E-state index in [1.165, 1.54) is 12.3 Å². The van der Waals surface area contributed by atoms with Crippen LogP contribution in [0.1, 0.15) is 17.0 Å². The van der Waals surface area contributed by atoms with E-state index in [0.717, 1.165) is 12.1 Å². The van der Waals surface area contributed by atoms with Crippen LogP contribution in [-0.4, -0.2) is 10.1 Å². The number of hydrogen-bond acceptors (Lipinski definition) is 5. The topological polar surface area (TPSA) is 77.0 Å². The third-order valence-corrected chi connectivity index (χ3v) is 3.55. The standard InChI is InChI=1S/C17H15F3N4O/c1-10-5-14(24-25-10)9-23-16-15(21)7-12(8-22-16)11-3-2-4-13(6-11)17(18,19)20/h2-8H,9,21H2,1H3,(H,22,23). The summed E-state index contributed by atoms with van der Waals surface area (Å²) < 4.78 is 43.4. The summed E-state index contributed by atoms with van der Waals surface area (Å²) in [5.74, 6) is 1.12. The van der Waals surface area contributed by atoms with Crippen LogP contribution in [0.25, 0.3) is 11.1 Å². The number of aryl methyl sites for hydroxylation is 1. The molecule has 0 radical (unpaired) electrons. The molecule has 0 spiro atoms. The molecule has 3 N–H and O–H groups in total. The van der Waals surface area contributed by atoms with Crippen molar-refractivity contribution in [3.63, 3.8) is 0 Å². The molecule has 0 amide bonds. The predicted octanol–water partition coefficient (Wildman–Crippen LogP) is 4.26. The largest absolute Gasteiger partial charge is 0.416 e. The molecule has 5 nitrogen and oxygen atoms in total. The summed E-state index contributed by atoms with van der Waals surface area (Å²) in [6.45, 7) is 2.16. The van der Waals surface area contributed by atoms with E-state index in [2.05, 4.69) is 15.5 Å². The van der Waals surface area contributed by atoms with E-state index in [9.17, 15) is 13.2 Å². The number of aromatic nitrogens is 2. The van der Waals surface area contributed by atoms with E-state index >= 15 is 0 Å². The third-order valence-electron chi connectivity index (χ3n) is 3.55. The second kappa shape index (κ2) is 6.46. The molecule has 0 atom stereocenters. The highest BCUT2D eigenvalue weighted by atomic mass is 19.4. The van der Waals surface area contributed by atoms with Crippen molar-refractivity contribution in [3.8, 4) is 11.1 Å². The fourth-order valence-corrected chi connectivity index (χ4v) is 2.34. The first-order chi connectivity index (χ1) is 11.8. The van der Waals surface area contributed by atoms with Gasteiger partial charge in [0.15, 0.2) is 0 Å². The molecule has 2 heterocycles. The molecule has 0 saturated carbocycles. The summed E-state index contributed by atoms with van der Waals surface area (Å²) in [5.41, 5.74) is 7.17. The average molecular weight is 348 g/mol. The van der Waals surface area contributed by atoms with Gasteiger partial charge in [-0.15, -0.1) is 0 Å². The molecule has 0 aliphatic heterocycles. The minimum atomic E-state index is -4.40. The Hall–Kier alpha value is -3.03. The van der Waals surface area contributed by atoms with Gasteiger partial charge in [-0.1, -0.05) is 17.3 Å². The molecule has 0 aliphatic carbocycles. The van der Waals surface area contributed by atoms with Gasteiger partial charge in [0, 0.05) is 17.8 Å². The summed E-state index contributed by atoms with van der Waals surface area (Å²) in [6.07, 6.45) is -2.92. The summed E-state index contributed by atoms with van der Waals surface area (Å²) in [5, 5.41) is 6.86. The van der Waals surface area contributed by atoms with Gasteiger partial charge in [0.2, 0.25) is 0 Å². The highest BCUT2D eigenvalue weighted by Gasteiger charge is 2.30. The van der Waals surface area contributed by atoms with E-state index in [-0.39, 0.29) is 0 Å². The van der Waals surface area contributed by atoms with Crippen LogP contribution in [0.15, 0.2) is 47.1 Å². The lowest BCUT2D eigenvalue weighted by molar-refractivity contribution is -0.137. The van der Waals surface area contributed by atoms with Gasteiger partial charge in [-0.05, 0) is 30.7 Å². The molecule has 1 aromatic carbocycles. The fourth-order valence-electron chi connectivity index (χ4n) is 2.34. The van der Waals surface area contributed by atoms with Crippen molar-refractivity contribution in [3.05, 3.63) is 59.6 Å². The molecule has 8 heteroatoms. The van der Waals surface area contributed by atoms with E-state index < -0.39 is 11.7 Å². The molecule has 25 heavy (non-hydrogen) atoms. The highest BCUT2D eigenvalue weighted by molar-refractivity contribution is 5.72. The third kappa shape index (κ3) is 3.90. The molecule has 3 aromatic rings. The Kier molecular flexibility index (Phi) is 4.35. The molecular weight excluding hydrogens is 333 g/mol. The van der Waals surface area contributed by atoms with Crippen LogP contribution in [0.4, 0.5) is 24.7 Å². The zero-order valence-corrected chi connectivity index (χ0v) is 13.3. The molecule has 0 unspecified atom stereocenters. The molecule has 0 fully saturated rings. The molecule has 0 saturated heterocycles. The van der Waals surface area contributed by atoms with Crippen LogP contribution in [0.5, 0.6) is 0 Å². The predicted molar refractivity (Wildman–Crippen MR) is 87.7 cm³/mol. The number of benzene rings is 1. The number of halogens is 3. The van der Waals surface area contributed by atoms with Crippen LogP contribution in [-0.2, 0) is 12.7 Å². The normalized spacial score (nSPS) is 11.5. The number of alkyl halides is 3. The Bertz CT molecular complexity index is 890. The molecule has 2 aromatic heterocycles. The Balaban J connectivity index is 1.80. The van der Waals surface area contributed by atoms with Gasteiger partial charge >= 0.3 is 6.18 Å². The van der Waals surface area contributed by atoms with Crippen molar-refractivity contribution in [1.29, 1.82) is 0 Å². The maximum atomic E-state index is 12.8. The number of nitrogens with two attached hydrogens (primary N) is 1. The van der Waals surface area contributed by atoms with Crippen LogP contribution in [0.3, 0.4) is 0 Å². The number of nitrogens with zero attached hydrogens (tertiary/aromatic N) is 2. The lowest BCUT2D eigenvalue weighted by atomic mass is 10.0. The van der Waals surface area contributed by atoms with Gasteiger partial charge in [-0.25, -0.2) is 4.98 Å². The zero-order valence-electron chi connectivity index (χ0n) is 13.3. The van der Waals surface area contributed by atoms with Crippen LogP contribution in [0, 0.1) is 6.92 Å². The zero-order chi connectivity index (χ0) is 18.0. The first kappa shape index (κ1) is 16.8. The van der Waals surface area contributed by atoms with Crippen molar-refractivity contribution >= 4 is 11.5 Å². The maximum Gasteiger partial charge on any atom is 0.416 e. The van der Waals surface area contributed by atoms with E-state index in [4.69, 9.17) is 10.3 Å². The molecule has 3 rings (SSSR count). The van der Waals surface area contributed by atoms with Crippen LogP contribution in [0.2, 0.25) is 0 Å². The van der Waals surface area contributed by atoms with Crippen molar-refractivity contribution < 1.29 is 17.7 Å². The van der Waals surface area contributed by atoms with Crippen molar-refractivity contribution in [1.82, 2.24) is 10.1 Å². The minimum Gasteiger partial charge on any atom is -0.396 e. The van der Waals surface area contributed by atoms with Gasteiger partial charge in [-0.2, -0.15) is 13.2 Å². The first-order valence-electron chi connectivity index (χ1n) is 7.42. The second-order valence-corrected chi connectivity index (χ2v) is 5.52. The van der Waals surface area contributed by atoms with Gasteiger partial charge in [0.25, 0.3) is 0 Å². The minimum absolute atomic E-state index is 0.329. The van der Waals surface area contributed by atoms with Crippen LogP contribution < -0.4 is 11.1 Å². The van der Waals surface area contributed by atoms with Gasteiger partial charge in [0.05, 0.1) is 17.8 Å². The smallest absolute Gasteiger partial charge is 0.396 e. The summed E-state index contributed by atoms with van der Waals surface area (Å²) in [6, 6.07) is 8.39. The van der Waals surface area contributed by atoms with Gasteiger partial charge in [-0.3, -0.25) is 0 Å². The maximum absolute atomic E-state index is 12.8. The van der Waals surface area contributed by atoms with Crippen molar-refractivity contribution in [2.24, 2.45) is 0 Å². The molecular formula is C17H15F3N4O. The summed E-state index contributed by atoms with van der Waals surface area (Å²) >= 11 is 0. The molecule has 130 valence electrons. The number of hydrogen-bond donors (Lipinski definition) is 2. The SMILES string of the molecule is Cc1cc(CNc2ncc(-c3cccc(C(F)(F)F)c3)cc2N)no1. The second-order valence-electron chi connectivity index (χ2n) is 5.52. The Labute approximate surface area is 141 Å². The number of anilines is 2. The van der Waals surface area contributed by atoms with E-state index in [1.807, 2.05) is 0 Å². The first-order valence-corrected chi connectivity index (χ1v) is 7.42. The Morgan fingerprint density at radius 1 is 1.16 bits per heavy atom. The molecule has 0 aliphatic rings. The Morgan fingerprint density at radius 2 is 1.96 bits per heavy atom. The van der Waals surface area contributed by atoms with Crippen molar-refractivity contribution in [2.75, 3.05) is 11.1 Å². The van der Waals surface area contributed by atoms with Gasteiger partial charge in [0.1, 0.15) is 17.3 Å². The average Bonchev–Trinajstić information content (AvgIpc) is 2.98. The number of pyridine rings is 1. The quantitative estimate of drug-likeness (QED) is 0.737. The number of nitrogens with one attached hydrogen (secondary N) is 1. The fraction of sp³-hybridized carbons (Fsp3) is 0.176. The monoisotopic (exact) mass is 348 g/mol. The van der Waals surface area contributed by atoms with Crippen molar-refractivity contribution in [2.45, 2.75) is 19.6 Å². The summed E-state index contributed by atoms with van der Waals surface area (Å²) in [7, 11) is 0. The van der Waals surface area contributed by atoms with E-state index in [1.54, 1.807) is 25.1 Å². The number of rotatable bonds is 4. The highest BCUT2D eigenvalue weighted by Crippen LogP contribution is 2.33. The Morgan fingerprint density at radius 3 is 2.60 bits per heavy atom. The van der Waals surface area contributed by atoms with Gasteiger partial charge < -0.3 is 15.6 Å². The van der Waals surface area contributed by atoms with Crippen LogP contribution >= 0.6 is 0 Å². The molecule has 0 bridgehead atoms. The summed E-state index contributed by atoms with van der Waals surface area (Å²) in [4.78, 5) is 4.19. The van der Waals surface area contributed by atoms with E-state index in [0.29, 0.717) is 40.6 Å². The lowest BCUT2D eigenvalue weighted by Gasteiger charge is -2.11. The lowest BCUT2D eigenvalue weighted by Crippen LogP contribution is -2.06. The number of nitrogen functional groups attached to an aromatic ring is 1.